The van der Waals surface area contributed by atoms with Crippen LogP contribution in [0.25, 0.3) is 0 Å². The lowest BCUT2D eigenvalue weighted by atomic mass is 9.84. The van der Waals surface area contributed by atoms with E-state index in [1.807, 2.05) is 6.08 Å². The Kier molecular flexibility index (Phi) is 50.3. The van der Waals surface area contributed by atoms with Gasteiger partial charge in [0, 0.05) is 18.9 Å². The molecule has 2 saturated heterocycles. The van der Waals surface area contributed by atoms with Crippen LogP contribution >= 0.6 is 7.82 Å². The number of ether oxygens (including phenoxy) is 7. The Hall–Kier alpha value is -2.56. The largest absolute Gasteiger partial charge is 0.472 e. The molecule has 1 saturated carbocycles. The number of hydrogen-bond donors (Lipinski definition) is 11. The molecule has 0 aromatic heterocycles. The minimum Gasteiger partial charge on any atom is -0.463 e. The molecule has 0 amide bonds. The molecule has 0 aromatic carbocycles. The first kappa shape index (κ1) is 89.7. The highest BCUT2D eigenvalue weighted by atomic mass is 31.2. The molecule has 3 fully saturated rings. The van der Waals surface area contributed by atoms with Gasteiger partial charge in [0.05, 0.1) is 13.2 Å². The number of aliphatic hydroxyl groups is 10. The van der Waals surface area contributed by atoms with Gasteiger partial charge in [-0.05, 0) is 25.7 Å². The fourth-order valence-electron chi connectivity index (χ4n) is 12.6. The van der Waals surface area contributed by atoms with Crippen molar-refractivity contribution >= 4 is 25.7 Å². The number of hydrogen-bond acceptors (Lipinski definition) is 23. The minimum absolute atomic E-state index is 0.0284. The van der Waals surface area contributed by atoms with Gasteiger partial charge >= 0.3 is 25.7 Å². The van der Waals surface area contributed by atoms with Crippen molar-refractivity contribution in [2.24, 2.45) is 0 Å². The molecule has 2 heterocycles. The van der Waals surface area contributed by atoms with Gasteiger partial charge in [0.25, 0.3) is 0 Å². The second-order valence-corrected chi connectivity index (χ2v) is 28.9. The van der Waals surface area contributed by atoms with Crippen LogP contribution in [0.3, 0.4) is 0 Å². The van der Waals surface area contributed by atoms with Crippen LogP contribution in [-0.2, 0) is 61.2 Å². The van der Waals surface area contributed by atoms with Gasteiger partial charge < -0.3 is 89.1 Å². The third-order valence-corrected chi connectivity index (χ3v) is 19.8. The van der Waals surface area contributed by atoms with E-state index in [1.54, 1.807) is 6.08 Å². The molecule has 24 nitrogen and oxygen atoms in total. The average molecular weight is 1430 g/mol. The van der Waals surface area contributed by atoms with Gasteiger partial charge in [0.15, 0.2) is 18.7 Å². The molecule has 11 N–H and O–H groups in total. The lowest BCUT2D eigenvalue weighted by Crippen LogP contribution is -2.69. The molecule has 574 valence electrons. The van der Waals surface area contributed by atoms with Crippen LogP contribution in [0.1, 0.15) is 290 Å². The van der Waals surface area contributed by atoms with Crippen LogP contribution in [0.4, 0.5) is 0 Å². The number of carbonyl (C=O) groups excluding carboxylic acids is 3. The van der Waals surface area contributed by atoms with E-state index in [1.165, 1.54) is 160 Å². The summed E-state index contributed by atoms with van der Waals surface area (Å²) < 4.78 is 64.8. The first-order valence-corrected chi connectivity index (χ1v) is 39.7. The van der Waals surface area contributed by atoms with E-state index in [0.717, 1.165) is 96.0 Å². The monoisotopic (exact) mass is 1420 g/mol. The fraction of sp³-hybridized carbons (Fsp3) is 0.904. The maximum Gasteiger partial charge on any atom is 0.472 e. The second kappa shape index (κ2) is 55.0. The summed E-state index contributed by atoms with van der Waals surface area (Å²) in [5, 5.41) is 110. The summed E-state index contributed by atoms with van der Waals surface area (Å²) in [7, 11) is -5.71. The highest BCUT2D eigenvalue weighted by Gasteiger charge is 2.58. The molecule has 2 aliphatic heterocycles. The molecule has 98 heavy (non-hydrogen) atoms. The predicted octanol–water partition coefficient (Wildman–Crippen LogP) is 10.5. The lowest BCUT2D eigenvalue weighted by Gasteiger charge is -2.49. The van der Waals surface area contributed by atoms with E-state index in [2.05, 4.69) is 20.8 Å². The molecule has 3 rings (SSSR count). The lowest BCUT2D eigenvalue weighted by molar-refractivity contribution is -0.360. The summed E-state index contributed by atoms with van der Waals surface area (Å²) in [5.41, 5.74) is 0. The number of aliphatic hydroxyl groups excluding tert-OH is 10. The zero-order chi connectivity index (χ0) is 71.8. The average Bonchev–Trinajstić information content (AvgIpc) is 0.763. The maximum atomic E-state index is 14.3. The van der Waals surface area contributed by atoms with Gasteiger partial charge in [0.1, 0.15) is 98.7 Å². The molecule has 25 heteroatoms. The van der Waals surface area contributed by atoms with Crippen LogP contribution in [0.5, 0.6) is 0 Å². The van der Waals surface area contributed by atoms with Crippen LogP contribution in [-0.4, -0.2) is 204 Å². The Bertz CT molecular complexity index is 2120. The number of esters is 3. The molecule has 18 unspecified atom stereocenters. The van der Waals surface area contributed by atoms with Gasteiger partial charge in [-0.25, -0.2) is 9.36 Å². The van der Waals surface area contributed by atoms with Crippen LogP contribution in [0, 0.1) is 0 Å². The minimum atomic E-state index is -5.71. The first-order valence-electron chi connectivity index (χ1n) is 38.2. The van der Waals surface area contributed by atoms with E-state index >= 15 is 0 Å². The van der Waals surface area contributed by atoms with Crippen LogP contribution in [0.15, 0.2) is 24.3 Å². The van der Waals surface area contributed by atoms with E-state index in [-0.39, 0.29) is 12.8 Å². The van der Waals surface area contributed by atoms with Crippen molar-refractivity contribution in [3.63, 3.8) is 0 Å². The first-order chi connectivity index (χ1) is 47.3. The summed E-state index contributed by atoms with van der Waals surface area (Å²) in [6, 6.07) is 0. The van der Waals surface area contributed by atoms with Crippen molar-refractivity contribution in [1.29, 1.82) is 0 Å². The molecule has 0 radical (unpaired) electrons. The molecular weight excluding hydrogens is 1290 g/mol. The third kappa shape index (κ3) is 37.7. The maximum absolute atomic E-state index is 14.3. The van der Waals surface area contributed by atoms with Gasteiger partial charge in [0.2, 0.25) is 0 Å². The molecule has 1 aliphatic carbocycles. The zero-order valence-electron chi connectivity index (χ0n) is 59.8. The van der Waals surface area contributed by atoms with E-state index in [4.69, 9.17) is 42.2 Å². The zero-order valence-corrected chi connectivity index (χ0v) is 60.7. The van der Waals surface area contributed by atoms with Gasteiger partial charge in [-0.3, -0.25) is 18.6 Å². The summed E-state index contributed by atoms with van der Waals surface area (Å²) in [6.45, 7) is 3.34. The van der Waals surface area contributed by atoms with Gasteiger partial charge in [-0.15, -0.1) is 0 Å². The van der Waals surface area contributed by atoms with E-state index in [9.17, 15) is 74.9 Å². The van der Waals surface area contributed by atoms with Crippen LogP contribution in [0.2, 0.25) is 0 Å². The van der Waals surface area contributed by atoms with Crippen molar-refractivity contribution in [3.05, 3.63) is 24.3 Å². The third-order valence-electron chi connectivity index (χ3n) is 18.8. The SMILES string of the molecule is CCCCCCCCCCCCC/C=C/C=C/C(=O)OCC(COP(=O)(O)OC1C(OC2OC(CO)C(O)C(O)C2O)C(O)C(O)C(O)C1OC1OC(COC(=O)CCCCCCCCCCCCCC)C(O)C(O)C1O)OC(=O)CCCCCCCCCCCCCCCCCC. The normalized spacial score (nSPS) is 27.7. The molecule has 0 spiro atoms. The topological polar surface area (TPSA) is 374 Å². The Morgan fingerprint density at radius 2 is 0.786 bits per heavy atom. The smallest absolute Gasteiger partial charge is 0.463 e. The molecule has 0 aromatic rings. The number of phosphoric ester groups is 1. The van der Waals surface area contributed by atoms with Gasteiger partial charge in [-0.1, -0.05) is 270 Å². The van der Waals surface area contributed by atoms with Crippen molar-refractivity contribution in [2.75, 3.05) is 26.4 Å². The number of carbonyl (C=O) groups is 3. The fourth-order valence-corrected chi connectivity index (χ4v) is 13.6. The summed E-state index contributed by atoms with van der Waals surface area (Å²) >= 11 is 0. The molecule has 18 atom stereocenters. The quantitative estimate of drug-likeness (QED) is 0.00673. The number of rotatable bonds is 59. The Balaban J connectivity index is 1.75. The van der Waals surface area contributed by atoms with E-state index in [0.29, 0.717) is 12.8 Å². The number of phosphoric acid groups is 1. The van der Waals surface area contributed by atoms with Crippen molar-refractivity contribution in [1.82, 2.24) is 0 Å². The highest BCUT2D eigenvalue weighted by Crippen LogP contribution is 2.49. The molecule has 3 aliphatic rings. The molecule has 0 bridgehead atoms. The number of allylic oxidation sites excluding steroid dienone is 3. The van der Waals surface area contributed by atoms with Crippen molar-refractivity contribution < 1.29 is 117 Å². The van der Waals surface area contributed by atoms with Crippen molar-refractivity contribution in [3.8, 4) is 0 Å². The van der Waals surface area contributed by atoms with Gasteiger partial charge in [-0.2, -0.15) is 0 Å². The standard InChI is InChI=1S/C73H133O24P/c1-4-7-10-13-16-19-22-25-27-29-31-34-37-40-43-46-49-59(77)92-54(51-89-57(75)47-44-41-38-36-33-30-28-26-23-20-17-14-11-8-5-2)52-91-98(87,88)97-71-69(95-72-67(85)62(80)60(78)55(50-74)93-72)65(83)64(82)66(84)70(71)96-73-68(86)63(81)61(79)56(94-73)53-90-58(76)48-45-42-39-35-32-24-21-18-15-12-9-6-3/h38,41,44,47,54-56,60-74,78-86H,4-37,39-40,42-43,45-46,48-53H2,1-3H3,(H,87,88)/b41-38+,47-44+. The number of unbranched alkanes of at least 4 members (excludes halogenated alkanes) is 37. The highest BCUT2D eigenvalue weighted by molar-refractivity contribution is 7.47. The van der Waals surface area contributed by atoms with Crippen LogP contribution < -0.4 is 0 Å². The Morgan fingerprint density at radius 3 is 1.20 bits per heavy atom. The van der Waals surface area contributed by atoms with Crippen molar-refractivity contribution in [2.45, 2.75) is 395 Å². The predicted molar refractivity (Wildman–Crippen MR) is 370 cm³/mol. The summed E-state index contributed by atoms with van der Waals surface area (Å²) in [5.74, 6) is -2.24. The molecular formula is C73H133O24P. The Labute approximate surface area is 585 Å². The summed E-state index contributed by atoms with van der Waals surface area (Å²) in [6.07, 6.45) is 16.0. The summed E-state index contributed by atoms with van der Waals surface area (Å²) in [4.78, 5) is 50.9. The van der Waals surface area contributed by atoms with E-state index < -0.39 is 156 Å². The Morgan fingerprint density at radius 1 is 0.418 bits per heavy atom. The second-order valence-electron chi connectivity index (χ2n) is 27.4.